The van der Waals surface area contributed by atoms with Crippen LogP contribution in [0, 0.1) is 0 Å². The molecule has 0 saturated heterocycles. The first-order chi connectivity index (χ1) is 9.29. The normalized spacial score (nSPS) is 13.3. The molecule has 20 heavy (non-hydrogen) atoms. The van der Waals surface area contributed by atoms with E-state index in [4.69, 9.17) is 26.8 Å². The monoisotopic (exact) mass is 322 g/mol. The van der Waals surface area contributed by atoms with Crippen LogP contribution in [0.4, 0.5) is 0 Å². The molecule has 1 aromatic carbocycles. The molecule has 8 heteroatoms. The van der Waals surface area contributed by atoms with Crippen LogP contribution in [0.3, 0.4) is 0 Å². The van der Waals surface area contributed by atoms with E-state index in [0.29, 0.717) is 11.5 Å². The third kappa shape index (κ3) is 3.17. The zero-order valence-corrected chi connectivity index (χ0v) is 13.5. The molecule has 0 aliphatic rings. The molecular formula is C12H19ClN2O4S. The van der Waals surface area contributed by atoms with E-state index in [1.54, 1.807) is 6.92 Å². The molecule has 0 spiro atoms. The average Bonchev–Trinajstić information content (AvgIpc) is 2.44. The number of ether oxygens (including phenoxy) is 2. The highest BCUT2D eigenvalue weighted by molar-refractivity contribution is 7.89. The Morgan fingerprint density at radius 1 is 1.30 bits per heavy atom. The molecule has 0 aliphatic carbocycles. The van der Waals surface area contributed by atoms with Crippen molar-refractivity contribution in [2.75, 3.05) is 27.8 Å². The molecule has 0 saturated carbocycles. The lowest BCUT2D eigenvalue weighted by molar-refractivity contribution is 0.353. The Morgan fingerprint density at radius 3 is 2.25 bits per heavy atom. The SMILES string of the molecule is COc1cc(Cl)c(S(=O)(=O)N(C)C(C)CN)cc1OC. The smallest absolute Gasteiger partial charge is 0.244 e. The molecule has 0 radical (unpaired) electrons. The van der Waals surface area contributed by atoms with E-state index in [1.165, 1.54) is 37.7 Å². The highest BCUT2D eigenvalue weighted by Crippen LogP contribution is 2.36. The Labute approximate surface area is 124 Å². The van der Waals surface area contributed by atoms with E-state index in [-0.39, 0.29) is 22.5 Å². The lowest BCUT2D eigenvalue weighted by Crippen LogP contribution is -2.39. The fraction of sp³-hybridized carbons (Fsp3) is 0.500. The number of hydrogen-bond acceptors (Lipinski definition) is 5. The number of methoxy groups -OCH3 is 2. The highest BCUT2D eigenvalue weighted by atomic mass is 35.5. The predicted molar refractivity (Wildman–Crippen MR) is 78.0 cm³/mol. The van der Waals surface area contributed by atoms with Crippen molar-refractivity contribution in [2.45, 2.75) is 17.9 Å². The molecule has 6 nitrogen and oxygen atoms in total. The van der Waals surface area contributed by atoms with Gasteiger partial charge in [-0.2, -0.15) is 4.31 Å². The third-order valence-corrected chi connectivity index (χ3v) is 5.49. The van der Waals surface area contributed by atoms with Crippen molar-refractivity contribution in [3.8, 4) is 11.5 Å². The van der Waals surface area contributed by atoms with Crippen molar-refractivity contribution in [1.82, 2.24) is 4.31 Å². The van der Waals surface area contributed by atoms with E-state index in [9.17, 15) is 8.42 Å². The first kappa shape index (κ1) is 17.0. The second kappa shape index (κ2) is 6.62. The van der Waals surface area contributed by atoms with Gasteiger partial charge in [0.25, 0.3) is 0 Å². The average molecular weight is 323 g/mol. The number of halogens is 1. The van der Waals surface area contributed by atoms with Crippen molar-refractivity contribution in [1.29, 1.82) is 0 Å². The Balaban J connectivity index is 3.39. The molecule has 2 N–H and O–H groups in total. The molecule has 0 aromatic heterocycles. The number of nitrogens with zero attached hydrogens (tertiary/aromatic N) is 1. The number of hydrogen-bond donors (Lipinski definition) is 1. The summed E-state index contributed by atoms with van der Waals surface area (Å²) in [5, 5.41) is 0.0683. The van der Waals surface area contributed by atoms with Crippen molar-refractivity contribution >= 4 is 21.6 Å². The summed E-state index contributed by atoms with van der Waals surface area (Å²) in [5.74, 6) is 0.662. The Kier molecular flexibility index (Phi) is 5.64. The van der Waals surface area contributed by atoms with Gasteiger partial charge in [-0.25, -0.2) is 8.42 Å². The Hall–Kier alpha value is -1.02. The summed E-state index contributed by atoms with van der Waals surface area (Å²) in [6.07, 6.45) is 0. The fourth-order valence-corrected chi connectivity index (χ4v) is 3.45. The van der Waals surface area contributed by atoms with Crippen LogP contribution in [0.25, 0.3) is 0 Å². The zero-order chi connectivity index (χ0) is 15.5. The van der Waals surface area contributed by atoms with Crippen LogP contribution in [-0.2, 0) is 10.0 Å². The van der Waals surface area contributed by atoms with Gasteiger partial charge in [0, 0.05) is 31.8 Å². The van der Waals surface area contributed by atoms with Crippen molar-refractivity contribution < 1.29 is 17.9 Å². The lowest BCUT2D eigenvalue weighted by Gasteiger charge is -2.24. The van der Waals surface area contributed by atoms with Crippen LogP contribution >= 0.6 is 11.6 Å². The summed E-state index contributed by atoms with van der Waals surface area (Å²) in [4.78, 5) is -0.0420. The maximum Gasteiger partial charge on any atom is 0.244 e. The molecule has 1 atom stereocenters. The van der Waals surface area contributed by atoms with Gasteiger partial charge < -0.3 is 15.2 Å². The first-order valence-electron chi connectivity index (χ1n) is 5.89. The fourth-order valence-electron chi connectivity index (χ4n) is 1.57. The Morgan fingerprint density at radius 2 is 1.80 bits per heavy atom. The van der Waals surface area contributed by atoms with Crippen LogP contribution in [0.15, 0.2) is 17.0 Å². The van der Waals surface area contributed by atoms with Gasteiger partial charge in [0.2, 0.25) is 10.0 Å². The van der Waals surface area contributed by atoms with Gasteiger partial charge in [-0.15, -0.1) is 0 Å². The van der Waals surface area contributed by atoms with Gasteiger partial charge in [0.05, 0.1) is 19.2 Å². The first-order valence-corrected chi connectivity index (χ1v) is 7.71. The predicted octanol–water partition coefficient (Wildman–Crippen LogP) is 1.32. The van der Waals surface area contributed by atoms with Crippen LogP contribution in [0.2, 0.25) is 5.02 Å². The molecule has 1 unspecified atom stereocenters. The summed E-state index contributed by atoms with van der Waals surface area (Å²) in [6.45, 7) is 1.92. The van der Waals surface area contributed by atoms with Crippen LogP contribution in [0.1, 0.15) is 6.92 Å². The lowest BCUT2D eigenvalue weighted by atomic mass is 10.3. The van der Waals surface area contributed by atoms with Crippen LogP contribution < -0.4 is 15.2 Å². The van der Waals surface area contributed by atoms with Gasteiger partial charge in [-0.3, -0.25) is 0 Å². The topological polar surface area (TPSA) is 81.9 Å². The second-order valence-electron chi connectivity index (χ2n) is 4.24. The molecule has 114 valence electrons. The Bertz CT molecular complexity index is 577. The van der Waals surface area contributed by atoms with Gasteiger partial charge in [0.1, 0.15) is 4.90 Å². The molecule has 0 aliphatic heterocycles. The van der Waals surface area contributed by atoms with Gasteiger partial charge >= 0.3 is 0 Å². The highest BCUT2D eigenvalue weighted by Gasteiger charge is 2.28. The molecule has 0 amide bonds. The zero-order valence-electron chi connectivity index (χ0n) is 11.9. The maximum absolute atomic E-state index is 12.5. The molecule has 0 bridgehead atoms. The standard InChI is InChI=1S/C12H19ClN2O4S/c1-8(7-14)15(2)20(16,17)12-6-11(19-4)10(18-3)5-9(12)13/h5-6,8H,7,14H2,1-4H3. The van der Waals surface area contributed by atoms with Crippen LogP contribution in [0.5, 0.6) is 11.5 Å². The summed E-state index contributed by atoms with van der Waals surface area (Å²) >= 11 is 6.04. The van der Waals surface area contributed by atoms with Crippen LogP contribution in [-0.4, -0.2) is 46.6 Å². The molecule has 0 heterocycles. The molecule has 1 aromatic rings. The largest absolute Gasteiger partial charge is 0.493 e. The van der Waals surface area contributed by atoms with Gasteiger partial charge in [0.15, 0.2) is 11.5 Å². The number of sulfonamides is 1. The minimum absolute atomic E-state index is 0.0420. The van der Waals surface area contributed by atoms with Crippen molar-refractivity contribution in [3.05, 3.63) is 17.2 Å². The quantitative estimate of drug-likeness (QED) is 0.854. The number of likely N-dealkylation sites (N-methyl/N-ethyl adjacent to an activating group) is 1. The van der Waals surface area contributed by atoms with E-state index >= 15 is 0 Å². The van der Waals surface area contributed by atoms with E-state index < -0.39 is 10.0 Å². The van der Waals surface area contributed by atoms with Crippen molar-refractivity contribution in [2.24, 2.45) is 5.73 Å². The van der Waals surface area contributed by atoms with E-state index in [1.807, 2.05) is 0 Å². The minimum Gasteiger partial charge on any atom is -0.493 e. The summed E-state index contributed by atoms with van der Waals surface area (Å²) < 4.78 is 36.4. The van der Waals surface area contributed by atoms with Crippen molar-refractivity contribution in [3.63, 3.8) is 0 Å². The number of benzene rings is 1. The second-order valence-corrected chi connectivity index (χ2v) is 6.62. The molecule has 0 fully saturated rings. The minimum atomic E-state index is -3.75. The molecular weight excluding hydrogens is 304 g/mol. The third-order valence-electron chi connectivity index (χ3n) is 3.06. The molecule has 1 rings (SSSR count). The van der Waals surface area contributed by atoms with E-state index in [2.05, 4.69) is 0 Å². The maximum atomic E-state index is 12.5. The summed E-state index contributed by atoms with van der Waals surface area (Å²) in [7, 11) is 0.580. The summed E-state index contributed by atoms with van der Waals surface area (Å²) in [5.41, 5.74) is 5.50. The van der Waals surface area contributed by atoms with Gasteiger partial charge in [-0.1, -0.05) is 11.6 Å². The number of nitrogens with two attached hydrogens (primary N) is 1. The number of rotatable bonds is 6. The van der Waals surface area contributed by atoms with Gasteiger partial charge in [-0.05, 0) is 6.92 Å². The van der Waals surface area contributed by atoms with E-state index in [0.717, 1.165) is 0 Å². The summed E-state index contributed by atoms with van der Waals surface area (Å²) in [6, 6.07) is 2.41.